The number of nitrogens with zero attached hydrogens (tertiary/aromatic N) is 1. The smallest absolute Gasteiger partial charge is 0.228 e. The fourth-order valence-electron chi connectivity index (χ4n) is 2.88. The van der Waals surface area contributed by atoms with Gasteiger partial charge in [-0.2, -0.15) is 5.26 Å². The minimum atomic E-state index is 0.0314. The molecule has 1 amide bonds. The normalized spacial score (nSPS) is 19.7. The molecule has 0 spiro atoms. The number of hydrogen-bond acceptors (Lipinski definition) is 3. The Kier molecular flexibility index (Phi) is 5.82. The van der Waals surface area contributed by atoms with Crippen LogP contribution in [0.25, 0.3) is 0 Å². The number of benzene rings is 2. The van der Waals surface area contributed by atoms with E-state index in [1.54, 1.807) is 11.8 Å². The molecule has 0 saturated heterocycles. The van der Waals surface area contributed by atoms with Crippen LogP contribution in [-0.2, 0) is 4.79 Å². The standard InChI is InChI=1S/C20H19BrN2OS/c1-13(9-10-22)25-19-8-3-2-7-18(19)23-20(24)17-12-16(17)14-5-4-6-15(21)11-14/h2-8,11,13,16-17H,9,12H2,1H3,(H,23,24). The van der Waals surface area contributed by atoms with E-state index in [9.17, 15) is 4.79 Å². The van der Waals surface area contributed by atoms with Crippen LogP contribution in [0.1, 0.15) is 31.2 Å². The van der Waals surface area contributed by atoms with Gasteiger partial charge < -0.3 is 5.32 Å². The zero-order valence-corrected chi connectivity index (χ0v) is 16.3. The van der Waals surface area contributed by atoms with Crippen molar-refractivity contribution in [2.45, 2.75) is 35.8 Å². The fourth-order valence-corrected chi connectivity index (χ4v) is 4.29. The van der Waals surface area contributed by atoms with E-state index in [4.69, 9.17) is 5.26 Å². The van der Waals surface area contributed by atoms with Gasteiger partial charge in [0.2, 0.25) is 5.91 Å². The van der Waals surface area contributed by atoms with Crippen molar-refractivity contribution in [2.75, 3.05) is 5.32 Å². The van der Waals surface area contributed by atoms with E-state index in [2.05, 4.69) is 39.4 Å². The van der Waals surface area contributed by atoms with E-state index in [0.29, 0.717) is 12.3 Å². The number of rotatable bonds is 6. The van der Waals surface area contributed by atoms with Crippen molar-refractivity contribution < 1.29 is 4.79 Å². The summed E-state index contributed by atoms with van der Waals surface area (Å²) in [7, 11) is 0. The van der Waals surface area contributed by atoms with Crippen LogP contribution in [0, 0.1) is 17.2 Å². The number of thioether (sulfide) groups is 1. The Morgan fingerprint density at radius 2 is 2.16 bits per heavy atom. The molecule has 1 aliphatic rings. The van der Waals surface area contributed by atoms with Crippen LogP contribution in [0.15, 0.2) is 57.9 Å². The third kappa shape index (κ3) is 4.65. The van der Waals surface area contributed by atoms with Gasteiger partial charge in [-0.05, 0) is 42.2 Å². The molecule has 1 saturated carbocycles. The van der Waals surface area contributed by atoms with Crippen LogP contribution >= 0.6 is 27.7 Å². The molecule has 3 nitrogen and oxygen atoms in total. The molecule has 3 rings (SSSR count). The van der Waals surface area contributed by atoms with Crippen molar-refractivity contribution in [3.63, 3.8) is 0 Å². The Hall–Kier alpha value is -1.77. The molecule has 0 bridgehead atoms. The summed E-state index contributed by atoms with van der Waals surface area (Å²) in [6, 6.07) is 18.2. The zero-order chi connectivity index (χ0) is 17.8. The molecule has 2 aromatic carbocycles. The summed E-state index contributed by atoms with van der Waals surface area (Å²) in [5.41, 5.74) is 2.04. The highest BCUT2D eigenvalue weighted by molar-refractivity contribution is 9.10. The number of para-hydroxylation sites is 1. The van der Waals surface area contributed by atoms with Crippen LogP contribution in [0.5, 0.6) is 0 Å². The Bertz CT molecular complexity index is 817. The molecule has 1 fully saturated rings. The Labute approximate surface area is 160 Å². The summed E-state index contributed by atoms with van der Waals surface area (Å²) in [5.74, 6) is 0.407. The van der Waals surface area contributed by atoms with E-state index in [-0.39, 0.29) is 17.1 Å². The molecule has 128 valence electrons. The number of nitrogens with one attached hydrogen (secondary N) is 1. The highest BCUT2D eigenvalue weighted by Crippen LogP contribution is 2.48. The molecule has 5 heteroatoms. The van der Waals surface area contributed by atoms with Crippen molar-refractivity contribution in [1.82, 2.24) is 0 Å². The first-order valence-electron chi connectivity index (χ1n) is 8.27. The lowest BCUT2D eigenvalue weighted by Gasteiger charge is -2.13. The SMILES string of the molecule is CC(CC#N)Sc1ccccc1NC(=O)C1CC1c1cccc(Br)c1. The highest BCUT2D eigenvalue weighted by Gasteiger charge is 2.44. The van der Waals surface area contributed by atoms with Crippen LogP contribution in [0.2, 0.25) is 0 Å². The average Bonchev–Trinajstić information content (AvgIpc) is 3.38. The van der Waals surface area contributed by atoms with E-state index >= 15 is 0 Å². The number of amides is 1. The van der Waals surface area contributed by atoms with Gasteiger partial charge in [-0.1, -0.05) is 47.1 Å². The molecular weight excluding hydrogens is 396 g/mol. The van der Waals surface area contributed by atoms with E-state index in [1.807, 2.05) is 43.3 Å². The van der Waals surface area contributed by atoms with Crippen molar-refractivity contribution in [2.24, 2.45) is 5.92 Å². The van der Waals surface area contributed by atoms with E-state index in [1.165, 1.54) is 5.56 Å². The Morgan fingerprint density at radius 1 is 1.36 bits per heavy atom. The van der Waals surface area contributed by atoms with Crippen molar-refractivity contribution in [1.29, 1.82) is 5.26 Å². The molecule has 0 aromatic heterocycles. The van der Waals surface area contributed by atoms with Crippen molar-refractivity contribution in [3.8, 4) is 6.07 Å². The predicted octanol–water partition coefficient (Wildman–Crippen LogP) is 5.59. The summed E-state index contributed by atoms with van der Waals surface area (Å²) in [4.78, 5) is 13.6. The minimum absolute atomic E-state index is 0.0314. The monoisotopic (exact) mass is 414 g/mol. The Balaban J connectivity index is 1.65. The maximum Gasteiger partial charge on any atom is 0.228 e. The first kappa shape index (κ1) is 18.0. The molecule has 3 atom stereocenters. The first-order chi connectivity index (χ1) is 12.1. The third-order valence-electron chi connectivity index (χ3n) is 4.26. The maximum atomic E-state index is 12.6. The fraction of sp³-hybridized carbons (Fsp3) is 0.300. The lowest BCUT2D eigenvalue weighted by molar-refractivity contribution is -0.117. The molecule has 1 aliphatic carbocycles. The lowest BCUT2D eigenvalue weighted by atomic mass is 10.1. The summed E-state index contributed by atoms with van der Waals surface area (Å²) in [6.07, 6.45) is 1.38. The summed E-state index contributed by atoms with van der Waals surface area (Å²) >= 11 is 5.11. The van der Waals surface area contributed by atoms with Gasteiger partial charge in [0.05, 0.1) is 11.8 Å². The van der Waals surface area contributed by atoms with Gasteiger partial charge in [0.25, 0.3) is 0 Å². The lowest BCUT2D eigenvalue weighted by Crippen LogP contribution is -2.15. The van der Waals surface area contributed by atoms with Gasteiger partial charge in [0.1, 0.15) is 0 Å². The largest absolute Gasteiger partial charge is 0.325 e. The van der Waals surface area contributed by atoms with Crippen molar-refractivity contribution >= 4 is 39.3 Å². The minimum Gasteiger partial charge on any atom is -0.325 e. The number of carbonyl (C=O) groups is 1. The number of carbonyl (C=O) groups excluding carboxylic acids is 1. The predicted molar refractivity (Wildman–Crippen MR) is 106 cm³/mol. The summed E-state index contributed by atoms with van der Waals surface area (Å²) in [6.45, 7) is 2.02. The van der Waals surface area contributed by atoms with Gasteiger partial charge in [-0.3, -0.25) is 4.79 Å². The molecule has 25 heavy (non-hydrogen) atoms. The van der Waals surface area contributed by atoms with Gasteiger partial charge in [0.15, 0.2) is 0 Å². The topological polar surface area (TPSA) is 52.9 Å². The molecule has 0 heterocycles. The second kappa shape index (κ2) is 8.07. The Morgan fingerprint density at radius 3 is 2.92 bits per heavy atom. The molecule has 1 N–H and O–H groups in total. The highest BCUT2D eigenvalue weighted by atomic mass is 79.9. The third-order valence-corrected chi connectivity index (χ3v) is 5.93. The van der Waals surface area contributed by atoms with E-state index in [0.717, 1.165) is 21.5 Å². The maximum absolute atomic E-state index is 12.6. The van der Waals surface area contributed by atoms with Gasteiger partial charge in [0, 0.05) is 27.0 Å². The quantitative estimate of drug-likeness (QED) is 0.626. The number of anilines is 1. The molecule has 0 radical (unpaired) electrons. The van der Waals surface area contributed by atoms with Crippen LogP contribution in [0.4, 0.5) is 5.69 Å². The average molecular weight is 415 g/mol. The van der Waals surface area contributed by atoms with Gasteiger partial charge in [-0.25, -0.2) is 0 Å². The summed E-state index contributed by atoms with van der Waals surface area (Å²) < 4.78 is 1.05. The second-order valence-electron chi connectivity index (χ2n) is 6.28. The zero-order valence-electron chi connectivity index (χ0n) is 13.9. The van der Waals surface area contributed by atoms with Crippen LogP contribution < -0.4 is 5.32 Å². The number of nitriles is 1. The molecule has 0 aliphatic heterocycles. The molecular formula is C20H19BrN2OS. The van der Waals surface area contributed by atoms with Gasteiger partial charge >= 0.3 is 0 Å². The number of hydrogen-bond donors (Lipinski definition) is 1. The molecule has 2 aromatic rings. The first-order valence-corrected chi connectivity index (χ1v) is 9.94. The van der Waals surface area contributed by atoms with Crippen molar-refractivity contribution in [3.05, 3.63) is 58.6 Å². The van der Waals surface area contributed by atoms with Crippen LogP contribution in [0.3, 0.4) is 0 Å². The number of halogens is 1. The second-order valence-corrected chi connectivity index (χ2v) is 8.68. The van der Waals surface area contributed by atoms with E-state index < -0.39 is 0 Å². The summed E-state index contributed by atoms with van der Waals surface area (Å²) in [5, 5.41) is 12.1. The molecule has 3 unspecified atom stereocenters. The van der Waals surface area contributed by atoms with Gasteiger partial charge in [-0.15, -0.1) is 11.8 Å². The van der Waals surface area contributed by atoms with Crippen LogP contribution in [-0.4, -0.2) is 11.2 Å².